The van der Waals surface area contributed by atoms with E-state index >= 15 is 0 Å². The number of hydrogen-bond acceptors (Lipinski definition) is 3. The van der Waals surface area contributed by atoms with E-state index in [2.05, 4.69) is 50.4 Å². The van der Waals surface area contributed by atoms with Gasteiger partial charge in [-0.3, -0.25) is 4.79 Å². The molecule has 1 spiro atoms. The third-order valence-electron chi connectivity index (χ3n) is 7.52. The summed E-state index contributed by atoms with van der Waals surface area (Å²) in [6.45, 7) is 7.41. The molecule has 4 heteroatoms. The molecule has 1 saturated heterocycles. The minimum Gasteiger partial charge on any atom is -0.396 e. The van der Waals surface area contributed by atoms with Crippen molar-refractivity contribution in [3.05, 3.63) is 35.4 Å². The van der Waals surface area contributed by atoms with Crippen molar-refractivity contribution >= 4 is 5.91 Å². The first-order valence-electron chi connectivity index (χ1n) is 9.97. The normalized spacial score (nSPS) is 37.4. The number of rotatable bonds is 4. The average molecular weight is 357 g/mol. The van der Waals surface area contributed by atoms with Crippen molar-refractivity contribution < 1.29 is 14.6 Å². The fraction of sp³-hybridized carbons (Fsp3) is 0.682. The number of nitrogens with one attached hydrogen (secondary N) is 1. The Kier molecular flexibility index (Phi) is 4.39. The number of carbonyl (C=O) groups excluding carboxylic acids is 1. The SMILES string of the molecule is Cc1cccc([C@H]2OCC[C@@]34C[C@@H](C[C@H]23)C(C)(C)[C@H]4NC(=O)CCO)c1. The van der Waals surface area contributed by atoms with Gasteiger partial charge in [-0.05, 0) is 54.4 Å². The van der Waals surface area contributed by atoms with Crippen LogP contribution in [0.3, 0.4) is 0 Å². The van der Waals surface area contributed by atoms with E-state index in [9.17, 15) is 4.79 Å². The molecule has 2 N–H and O–H groups in total. The summed E-state index contributed by atoms with van der Waals surface area (Å²) in [5.41, 5.74) is 2.75. The Bertz CT molecular complexity index is 700. The number of fused-ring (bicyclic) bond motifs is 1. The molecule has 1 aliphatic heterocycles. The molecule has 26 heavy (non-hydrogen) atoms. The van der Waals surface area contributed by atoms with Crippen LogP contribution in [0, 0.1) is 29.6 Å². The van der Waals surface area contributed by atoms with Gasteiger partial charge in [-0.2, -0.15) is 0 Å². The van der Waals surface area contributed by atoms with Gasteiger partial charge in [-0.15, -0.1) is 0 Å². The van der Waals surface area contributed by atoms with E-state index in [0.29, 0.717) is 11.8 Å². The van der Waals surface area contributed by atoms with E-state index in [1.165, 1.54) is 24.0 Å². The summed E-state index contributed by atoms with van der Waals surface area (Å²) in [4.78, 5) is 12.3. The minimum absolute atomic E-state index is 0.0233. The lowest BCUT2D eigenvalue weighted by Gasteiger charge is -2.53. The second-order valence-electron chi connectivity index (χ2n) is 9.23. The van der Waals surface area contributed by atoms with Crippen LogP contribution in [-0.2, 0) is 9.53 Å². The summed E-state index contributed by atoms with van der Waals surface area (Å²) in [5, 5.41) is 12.5. The molecule has 0 radical (unpaired) electrons. The predicted octanol–water partition coefficient (Wildman–Crippen LogP) is 3.38. The van der Waals surface area contributed by atoms with Crippen molar-refractivity contribution in [2.45, 2.75) is 58.6 Å². The molecule has 4 rings (SSSR count). The summed E-state index contributed by atoms with van der Waals surface area (Å²) in [6, 6.07) is 8.85. The number of aliphatic hydroxyl groups excluding tert-OH is 1. The van der Waals surface area contributed by atoms with Crippen molar-refractivity contribution in [3.63, 3.8) is 0 Å². The van der Waals surface area contributed by atoms with Gasteiger partial charge in [-0.25, -0.2) is 0 Å². The Labute approximate surface area is 156 Å². The van der Waals surface area contributed by atoms with Crippen LogP contribution in [0.1, 0.15) is 56.8 Å². The molecule has 142 valence electrons. The molecule has 1 aromatic carbocycles. The van der Waals surface area contributed by atoms with Crippen LogP contribution in [-0.4, -0.2) is 30.3 Å². The van der Waals surface area contributed by atoms with Crippen molar-refractivity contribution in [1.29, 1.82) is 0 Å². The van der Waals surface area contributed by atoms with Crippen molar-refractivity contribution in [2.24, 2.45) is 22.7 Å². The van der Waals surface area contributed by atoms with Crippen LogP contribution in [0.4, 0.5) is 0 Å². The van der Waals surface area contributed by atoms with E-state index in [1.807, 2.05) is 0 Å². The van der Waals surface area contributed by atoms with E-state index in [4.69, 9.17) is 9.84 Å². The number of benzene rings is 1. The Morgan fingerprint density at radius 2 is 2.19 bits per heavy atom. The van der Waals surface area contributed by atoms with E-state index < -0.39 is 0 Å². The van der Waals surface area contributed by atoms with Crippen LogP contribution in [0.2, 0.25) is 0 Å². The Morgan fingerprint density at radius 3 is 2.92 bits per heavy atom. The van der Waals surface area contributed by atoms with Crippen molar-refractivity contribution in [3.8, 4) is 0 Å². The largest absolute Gasteiger partial charge is 0.396 e. The molecular formula is C22H31NO3. The van der Waals surface area contributed by atoms with Crippen LogP contribution >= 0.6 is 0 Å². The highest BCUT2D eigenvalue weighted by molar-refractivity contribution is 5.76. The molecule has 1 amide bonds. The molecule has 3 fully saturated rings. The van der Waals surface area contributed by atoms with Gasteiger partial charge in [-0.1, -0.05) is 43.7 Å². The fourth-order valence-electron chi connectivity index (χ4n) is 6.30. The van der Waals surface area contributed by atoms with Gasteiger partial charge in [0.25, 0.3) is 0 Å². The third-order valence-corrected chi connectivity index (χ3v) is 7.52. The third kappa shape index (κ3) is 2.61. The van der Waals surface area contributed by atoms with Gasteiger partial charge in [0.2, 0.25) is 5.91 Å². The zero-order valence-corrected chi connectivity index (χ0v) is 16.1. The van der Waals surface area contributed by atoms with Gasteiger partial charge in [0, 0.05) is 19.1 Å². The summed E-state index contributed by atoms with van der Waals surface area (Å²) in [7, 11) is 0. The molecule has 2 saturated carbocycles. The smallest absolute Gasteiger partial charge is 0.222 e. The molecule has 3 aliphatic rings. The topological polar surface area (TPSA) is 58.6 Å². The first kappa shape index (κ1) is 18.0. The maximum atomic E-state index is 12.3. The van der Waals surface area contributed by atoms with E-state index in [1.54, 1.807) is 0 Å². The molecular weight excluding hydrogens is 326 g/mol. The lowest BCUT2D eigenvalue weighted by Crippen LogP contribution is -2.59. The molecule has 5 atom stereocenters. The first-order valence-corrected chi connectivity index (χ1v) is 9.97. The second-order valence-corrected chi connectivity index (χ2v) is 9.23. The molecule has 2 aliphatic carbocycles. The molecule has 0 unspecified atom stereocenters. The maximum absolute atomic E-state index is 12.3. The number of ether oxygens (including phenoxy) is 1. The quantitative estimate of drug-likeness (QED) is 0.868. The Hall–Kier alpha value is -1.39. The molecule has 0 aromatic heterocycles. The van der Waals surface area contributed by atoms with Crippen molar-refractivity contribution in [2.75, 3.05) is 13.2 Å². The van der Waals surface area contributed by atoms with Crippen LogP contribution in [0.5, 0.6) is 0 Å². The lowest BCUT2D eigenvalue weighted by molar-refractivity contribution is -0.137. The maximum Gasteiger partial charge on any atom is 0.222 e. The summed E-state index contributed by atoms with van der Waals surface area (Å²) < 4.78 is 6.30. The van der Waals surface area contributed by atoms with Crippen LogP contribution in [0.25, 0.3) is 0 Å². The summed E-state index contributed by atoms with van der Waals surface area (Å²) >= 11 is 0. The minimum atomic E-state index is -0.0894. The first-order chi connectivity index (χ1) is 12.4. The van der Waals surface area contributed by atoms with Gasteiger partial charge in [0.1, 0.15) is 0 Å². The Morgan fingerprint density at radius 1 is 1.38 bits per heavy atom. The van der Waals surface area contributed by atoms with Crippen LogP contribution in [0.15, 0.2) is 24.3 Å². The molecule has 1 aromatic rings. The molecule has 1 heterocycles. The standard InChI is InChI=1S/C22H31NO3/c1-14-5-4-6-15(11-14)19-17-12-16-13-22(17,8-10-26-19)20(21(16,2)3)23-18(25)7-9-24/h4-6,11,16-17,19-20,24H,7-10,12-13H2,1-3H3,(H,23,25)/t16-,17-,19-,20-,22-/m1/s1. The number of hydrogen-bond donors (Lipinski definition) is 2. The zero-order chi connectivity index (χ0) is 18.5. The highest BCUT2D eigenvalue weighted by Crippen LogP contribution is 2.70. The van der Waals surface area contributed by atoms with Gasteiger partial charge in [0.05, 0.1) is 12.7 Å². The average Bonchev–Trinajstić information content (AvgIpc) is 3.08. The van der Waals surface area contributed by atoms with Gasteiger partial charge >= 0.3 is 0 Å². The van der Waals surface area contributed by atoms with E-state index in [0.717, 1.165) is 13.0 Å². The lowest BCUT2D eigenvalue weighted by atomic mass is 9.58. The summed E-state index contributed by atoms with van der Waals surface area (Å²) in [6.07, 6.45) is 3.69. The molecule has 2 bridgehead atoms. The zero-order valence-electron chi connectivity index (χ0n) is 16.1. The van der Waals surface area contributed by atoms with E-state index in [-0.39, 0.29) is 41.9 Å². The number of aryl methyl sites for hydroxylation is 1. The van der Waals surface area contributed by atoms with Crippen molar-refractivity contribution in [1.82, 2.24) is 5.32 Å². The predicted molar refractivity (Wildman–Crippen MR) is 101 cm³/mol. The van der Waals surface area contributed by atoms with Gasteiger partial charge < -0.3 is 15.2 Å². The fourth-order valence-corrected chi connectivity index (χ4v) is 6.30. The van der Waals surface area contributed by atoms with Gasteiger partial charge in [0.15, 0.2) is 0 Å². The monoisotopic (exact) mass is 357 g/mol. The van der Waals surface area contributed by atoms with Crippen LogP contribution < -0.4 is 5.32 Å². The summed E-state index contributed by atoms with van der Waals surface area (Å²) in [5.74, 6) is 1.04. The molecule has 4 nitrogen and oxygen atoms in total. The Balaban J connectivity index is 1.67. The second kappa shape index (κ2) is 6.35. The number of aliphatic hydroxyl groups is 1. The number of amides is 1. The highest BCUT2D eigenvalue weighted by Gasteiger charge is 2.68. The highest BCUT2D eigenvalue weighted by atomic mass is 16.5. The number of carbonyl (C=O) groups is 1.